The molecule has 2 N–H and O–H groups in total. The first-order chi connectivity index (χ1) is 9.47. The van der Waals surface area contributed by atoms with Gasteiger partial charge in [-0.2, -0.15) is 0 Å². The summed E-state index contributed by atoms with van der Waals surface area (Å²) in [6.45, 7) is 6.61. The van der Waals surface area contributed by atoms with Crippen LogP contribution < -0.4 is 5.73 Å². The Bertz CT molecular complexity index is 748. The number of hydrogen-bond donors (Lipinski definition) is 1. The second-order valence-electron chi connectivity index (χ2n) is 6.01. The Hall–Kier alpha value is -2.36. The zero-order chi connectivity index (χ0) is 14.3. The van der Waals surface area contributed by atoms with Crippen molar-refractivity contribution in [3.05, 3.63) is 48.2 Å². The number of nitrogens with zero attached hydrogens (tertiary/aromatic N) is 3. The maximum Gasteiger partial charge on any atom is 0.184 e. The third kappa shape index (κ3) is 2.03. The molecule has 3 aromatic rings. The number of aromatic nitrogens is 3. The van der Waals surface area contributed by atoms with Gasteiger partial charge < -0.3 is 5.73 Å². The minimum Gasteiger partial charge on any atom is -0.396 e. The van der Waals surface area contributed by atoms with Crippen LogP contribution in [0.2, 0.25) is 0 Å². The number of nitrogens with two attached hydrogens (primary N) is 1. The normalized spacial score (nSPS) is 11.9. The molecule has 0 bridgehead atoms. The van der Waals surface area contributed by atoms with E-state index in [0.717, 1.165) is 11.4 Å². The third-order valence-electron chi connectivity index (χ3n) is 3.47. The number of rotatable bonds is 1. The minimum atomic E-state index is 0.149. The van der Waals surface area contributed by atoms with Crippen molar-refractivity contribution in [2.45, 2.75) is 26.2 Å². The molecule has 2 aromatic heterocycles. The van der Waals surface area contributed by atoms with Gasteiger partial charge in [0.05, 0.1) is 5.69 Å². The molecule has 0 saturated heterocycles. The van der Waals surface area contributed by atoms with Crippen LogP contribution >= 0.6 is 0 Å². The molecule has 0 aliphatic carbocycles. The molecule has 0 atom stereocenters. The Labute approximate surface area is 118 Å². The molecule has 20 heavy (non-hydrogen) atoms. The van der Waals surface area contributed by atoms with Crippen molar-refractivity contribution in [2.24, 2.45) is 0 Å². The molecule has 2 heterocycles. The lowest BCUT2D eigenvalue weighted by Gasteiger charge is -2.18. The van der Waals surface area contributed by atoms with Gasteiger partial charge in [-0.25, -0.2) is 0 Å². The molecule has 4 heteroatoms. The summed E-state index contributed by atoms with van der Waals surface area (Å²) in [5, 5.41) is 8.40. The molecule has 0 fully saturated rings. The quantitative estimate of drug-likeness (QED) is 0.735. The number of fused-ring (bicyclic) bond motifs is 1. The van der Waals surface area contributed by atoms with E-state index in [2.05, 4.69) is 55.2 Å². The van der Waals surface area contributed by atoms with E-state index in [1.54, 1.807) is 0 Å². The van der Waals surface area contributed by atoms with Gasteiger partial charge in [0.2, 0.25) is 0 Å². The van der Waals surface area contributed by atoms with E-state index in [-0.39, 0.29) is 5.41 Å². The van der Waals surface area contributed by atoms with Crippen molar-refractivity contribution in [1.29, 1.82) is 0 Å². The van der Waals surface area contributed by atoms with Crippen LogP contribution in [0.3, 0.4) is 0 Å². The standard InChI is InChI=1S/C16H18N4/c1-16(2,3)12-8-6-11(7-9-12)14-18-19-15-13(17)5-4-10-20(14)15/h4-10H,17H2,1-3H3. The molecule has 0 saturated carbocycles. The van der Waals surface area contributed by atoms with Crippen molar-refractivity contribution in [3.8, 4) is 11.4 Å². The van der Waals surface area contributed by atoms with E-state index in [0.29, 0.717) is 11.3 Å². The van der Waals surface area contributed by atoms with E-state index in [1.807, 2.05) is 22.7 Å². The summed E-state index contributed by atoms with van der Waals surface area (Å²) in [5.74, 6) is 0.813. The third-order valence-corrected chi connectivity index (χ3v) is 3.47. The van der Waals surface area contributed by atoms with Crippen LogP contribution in [0.4, 0.5) is 5.69 Å². The van der Waals surface area contributed by atoms with E-state index < -0.39 is 0 Å². The van der Waals surface area contributed by atoms with Crippen molar-refractivity contribution in [1.82, 2.24) is 14.6 Å². The summed E-state index contributed by atoms with van der Waals surface area (Å²) in [6, 6.07) is 12.2. The molecular formula is C16H18N4. The Kier molecular flexibility index (Phi) is 2.74. The van der Waals surface area contributed by atoms with Crippen molar-refractivity contribution < 1.29 is 0 Å². The second kappa shape index (κ2) is 4.34. The minimum absolute atomic E-state index is 0.149. The summed E-state index contributed by atoms with van der Waals surface area (Å²) >= 11 is 0. The van der Waals surface area contributed by atoms with Crippen molar-refractivity contribution in [2.75, 3.05) is 5.73 Å². The van der Waals surface area contributed by atoms with Crippen LogP contribution in [-0.4, -0.2) is 14.6 Å². The van der Waals surface area contributed by atoms with Crippen LogP contribution in [0.25, 0.3) is 17.0 Å². The van der Waals surface area contributed by atoms with Gasteiger partial charge in [-0.15, -0.1) is 10.2 Å². The van der Waals surface area contributed by atoms with Gasteiger partial charge in [0.15, 0.2) is 11.5 Å². The summed E-state index contributed by atoms with van der Waals surface area (Å²) in [5.41, 5.74) is 9.73. The summed E-state index contributed by atoms with van der Waals surface area (Å²) in [6.07, 6.45) is 1.93. The lowest BCUT2D eigenvalue weighted by atomic mass is 9.87. The Morgan fingerprint density at radius 1 is 1.00 bits per heavy atom. The lowest BCUT2D eigenvalue weighted by Crippen LogP contribution is -2.10. The molecule has 0 aliphatic rings. The zero-order valence-corrected chi connectivity index (χ0v) is 12.0. The number of nitrogen functional groups attached to an aromatic ring is 1. The van der Waals surface area contributed by atoms with Gasteiger partial charge in [0, 0.05) is 11.8 Å². The van der Waals surface area contributed by atoms with Gasteiger partial charge >= 0.3 is 0 Å². The summed E-state index contributed by atoms with van der Waals surface area (Å²) < 4.78 is 1.92. The van der Waals surface area contributed by atoms with E-state index in [9.17, 15) is 0 Å². The molecule has 4 nitrogen and oxygen atoms in total. The van der Waals surface area contributed by atoms with E-state index in [4.69, 9.17) is 5.73 Å². The number of hydrogen-bond acceptors (Lipinski definition) is 3. The maximum atomic E-state index is 5.91. The fraction of sp³-hybridized carbons (Fsp3) is 0.250. The van der Waals surface area contributed by atoms with Gasteiger partial charge in [-0.3, -0.25) is 4.40 Å². The zero-order valence-electron chi connectivity index (χ0n) is 12.0. The highest BCUT2D eigenvalue weighted by atomic mass is 15.2. The number of pyridine rings is 1. The SMILES string of the molecule is CC(C)(C)c1ccc(-c2nnc3c(N)cccn23)cc1. The fourth-order valence-corrected chi connectivity index (χ4v) is 2.25. The topological polar surface area (TPSA) is 56.2 Å². The molecule has 1 aromatic carbocycles. The molecule has 0 aliphatic heterocycles. The smallest absolute Gasteiger partial charge is 0.184 e. The molecule has 0 spiro atoms. The average Bonchev–Trinajstić information content (AvgIpc) is 2.83. The highest BCUT2D eigenvalue weighted by molar-refractivity contribution is 5.69. The number of anilines is 1. The molecule has 102 valence electrons. The van der Waals surface area contributed by atoms with Crippen molar-refractivity contribution in [3.63, 3.8) is 0 Å². The highest BCUT2D eigenvalue weighted by Crippen LogP contribution is 2.26. The van der Waals surface area contributed by atoms with Crippen LogP contribution in [0.15, 0.2) is 42.6 Å². The van der Waals surface area contributed by atoms with Gasteiger partial charge in [0.25, 0.3) is 0 Å². The average molecular weight is 266 g/mol. The van der Waals surface area contributed by atoms with E-state index >= 15 is 0 Å². The molecule has 0 radical (unpaired) electrons. The first-order valence-electron chi connectivity index (χ1n) is 6.67. The predicted molar refractivity (Wildman–Crippen MR) is 81.5 cm³/mol. The second-order valence-corrected chi connectivity index (χ2v) is 6.01. The van der Waals surface area contributed by atoms with Crippen LogP contribution in [-0.2, 0) is 5.41 Å². The molecular weight excluding hydrogens is 248 g/mol. The predicted octanol–water partition coefficient (Wildman–Crippen LogP) is 3.28. The van der Waals surface area contributed by atoms with Gasteiger partial charge in [-0.05, 0) is 23.1 Å². The van der Waals surface area contributed by atoms with Gasteiger partial charge in [0.1, 0.15) is 0 Å². The molecule has 0 amide bonds. The molecule has 3 rings (SSSR count). The Morgan fingerprint density at radius 3 is 2.35 bits per heavy atom. The maximum absolute atomic E-state index is 5.91. The first kappa shape index (κ1) is 12.7. The van der Waals surface area contributed by atoms with Crippen molar-refractivity contribution >= 4 is 11.3 Å². The highest BCUT2D eigenvalue weighted by Gasteiger charge is 2.14. The van der Waals surface area contributed by atoms with Gasteiger partial charge in [-0.1, -0.05) is 45.0 Å². The van der Waals surface area contributed by atoms with Crippen LogP contribution in [0, 0.1) is 0 Å². The molecule has 0 unspecified atom stereocenters. The van der Waals surface area contributed by atoms with Crippen LogP contribution in [0.1, 0.15) is 26.3 Å². The Morgan fingerprint density at radius 2 is 1.70 bits per heavy atom. The Balaban J connectivity index is 2.10. The summed E-state index contributed by atoms with van der Waals surface area (Å²) in [4.78, 5) is 0. The lowest BCUT2D eigenvalue weighted by molar-refractivity contribution is 0.590. The van der Waals surface area contributed by atoms with Crippen LogP contribution in [0.5, 0.6) is 0 Å². The number of benzene rings is 1. The monoisotopic (exact) mass is 266 g/mol. The van der Waals surface area contributed by atoms with E-state index in [1.165, 1.54) is 5.56 Å². The largest absolute Gasteiger partial charge is 0.396 e. The first-order valence-corrected chi connectivity index (χ1v) is 6.67. The summed E-state index contributed by atoms with van der Waals surface area (Å²) in [7, 11) is 0. The fourth-order valence-electron chi connectivity index (χ4n) is 2.25.